The third-order valence-electron chi connectivity index (χ3n) is 4.83. The lowest BCUT2D eigenvalue weighted by Gasteiger charge is -2.09. The Balaban J connectivity index is 1.53. The van der Waals surface area contributed by atoms with E-state index in [2.05, 4.69) is 10.3 Å². The van der Waals surface area contributed by atoms with Crippen LogP contribution in [-0.4, -0.2) is 21.4 Å². The molecular formula is C23H17Cl2N3O4S. The SMILES string of the molecule is Cc1c(C(=O)OCc2ccccc2)sc2ncn(CC(=O)Nc3ccc(Cl)cc3Cl)c(=O)c12. The van der Waals surface area contributed by atoms with Crippen LogP contribution in [0.5, 0.6) is 0 Å². The fraction of sp³-hybridized carbons (Fsp3) is 0.130. The van der Waals surface area contributed by atoms with Crippen LogP contribution < -0.4 is 10.9 Å². The van der Waals surface area contributed by atoms with E-state index in [4.69, 9.17) is 27.9 Å². The summed E-state index contributed by atoms with van der Waals surface area (Å²) in [6.45, 7) is 1.52. The molecule has 1 amide bonds. The van der Waals surface area contributed by atoms with E-state index in [1.807, 2.05) is 30.3 Å². The third-order valence-corrected chi connectivity index (χ3v) is 6.56. The van der Waals surface area contributed by atoms with Gasteiger partial charge >= 0.3 is 5.97 Å². The van der Waals surface area contributed by atoms with Crippen LogP contribution in [-0.2, 0) is 22.7 Å². The lowest BCUT2D eigenvalue weighted by Crippen LogP contribution is -2.28. The van der Waals surface area contributed by atoms with Crippen LogP contribution in [0.1, 0.15) is 20.8 Å². The molecule has 2 aromatic carbocycles. The van der Waals surface area contributed by atoms with Crippen LogP contribution in [0.2, 0.25) is 10.0 Å². The van der Waals surface area contributed by atoms with E-state index in [0.29, 0.717) is 26.0 Å². The van der Waals surface area contributed by atoms with Crippen molar-refractivity contribution < 1.29 is 14.3 Å². The monoisotopic (exact) mass is 501 g/mol. The zero-order chi connectivity index (χ0) is 23.5. The average molecular weight is 502 g/mol. The standard InChI is InChI=1S/C23H17Cl2N3O4S/c1-13-19-21(33-20(13)23(31)32-11-14-5-3-2-4-6-14)26-12-28(22(19)30)10-18(29)27-17-8-7-15(24)9-16(17)25/h2-9,12H,10-11H2,1H3,(H,27,29). The molecule has 0 saturated carbocycles. The van der Waals surface area contributed by atoms with Crippen LogP contribution in [0, 0.1) is 6.92 Å². The Morgan fingerprint density at radius 2 is 1.91 bits per heavy atom. The van der Waals surface area contributed by atoms with Gasteiger partial charge in [-0.25, -0.2) is 9.78 Å². The first-order valence-electron chi connectivity index (χ1n) is 9.78. The van der Waals surface area contributed by atoms with E-state index in [0.717, 1.165) is 16.9 Å². The van der Waals surface area contributed by atoms with Gasteiger partial charge in [0, 0.05) is 5.02 Å². The quantitative estimate of drug-likeness (QED) is 0.372. The number of anilines is 1. The zero-order valence-corrected chi connectivity index (χ0v) is 19.6. The summed E-state index contributed by atoms with van der Waals surface area (Å²) in [6, 6.07) is 14.0. The van der Waals surface area contributed by atoms with Crippen LogP contribution in [0.4, 0.5) is 5.69 Å². The molecule has 0 atom stereocenters. The molecule has 0 aliphatic heterocycles. The van der Waals surface area contributed by atoms with E-state index in [9.17, 15) is 14.4 Å². The molecule has 0 saturated heterocycles. The summed E-state index contributed by atoms with van der Waals surface area (Å²) >= 11 is 13.0. The van der Waals surface area contributed by atoms with Gasteiger partial charge in [0.15, 0.2) is 0 Å². The molecule has 0 radical (unpaired) electrons. The topological polar surface area (TPSA) is 90.3 Å². The molecule has 1 N–H and O–H groups in total. The van der Waals surface area contributed by atoms with Crippen molar-refractivity contribution in [3.05, 3.63) is 91.3 Å². The maximum Gasteiger partial charge on any atom is 0.349 e. The summed E-state index contributed by atoms with van der Waals surface area (Å²) in [4.78, 5) is 43.1. The van der Waals surface area contributed by atoms with Crippen molar-refractivity contribution in [2.24, 2.45) is 0 Å². The molecule has 0 aliphatic rings. The number of halogens is 2. The van der Waals surface area contributed by atoms with Crippen molar-refractivity contribution in [1.82, 2.24) is 9.55 Å². The number of aromatic nitrogens is 2. The lowest BCUT2D eigenvalue weighted by atomic mass is 10.2. The number of nitrogens with zero attached hydrogens (tertiary/aromatic N) is 2. The normalized spacial score (nSPS) is 10.9. The maximum atomic E-state index is 13.0. The Bertz CT molecular complexity index is 1420. The van der Waals surface area contributed by atoms with E-state index >= 15 is 0 Å². The molecule has 0 aliphatic carbocycles. The number of carbonyl (C=O) groups is 2. The Morgan fingerprint density at radius 3 is 2.64 bits per heavy atom. The number of amides is 1. The number of nitrogens with one attached hydrogen (secondary N) is 1. The van der Waals surface area contributed by atoms with Crippen molar-refractivity contribution in [2.45, 2.75) is 20.1 Å². The van der Waals surface area contributed by atoms with E-state index in [-0.39, 0.29) is 23.6 Å². The van der Waals surface area contributed by atoms with Crippen LogP contribution in [0.25, 0.3) is 10.2 Å². The predicted octanol–water partition coefficient (Wildman–Crippen LogP) is 5.07. The molecular weight excluding hydrogens is 485 g/mol. The summed E-state index contributed by atoms with van der Waals surface area (Å²) < 4.78 is 6.57. The van der Waals surface area contributed by atoms with Crippen molar-refractivity contribution in [3.63, 3.8) is 0 Å². The summed E-state index contributed by atoms with van der Waals surface area (Å²) in [5.74, 6) is -0.988. The van der Waals surface area contributed by atoms with E-state index < -0.39 is 17.4 Å². The minimum atomic E-state index is -0.527. The zero-order valence-electron chi connectivity index (χ0n) is 17.3. The van der Waals surface area contributed by atoms with Gasteiger partial charge in [0.05, 0.1) is 22.4 Å². The molecule has 4 rings (SSSR count). The molecule has 33 heavy (non-hydrogen) atoms. The number of aryl methyl sites for hydroxylation is 1. The summed E-state index contributed by atoms with van der Waals surface area (Å²) in [6.07, 6.45) is 1.28. The summed E-state index contributed by atoms with van der Waals surface area (Å²) in [5, 5.41) is 3.65. The average Bonchev–Trinajstić information content (AvgIpc) is 3.14. The second kappa shape index (κ2) is 9.74. The highest BCUT2D eigenvalue weighted by molar-refractivity contribution is 7.20. The van der Waals surface area contributed by atoms with Crippen LogP contribution in [0.15, 0.2) is 59.7 Å². The minimum absolute atomic E-state index is 0.123. The fourth-order valence-electron chi connectivity index (χ4n) is 3.19. The second-order valence-corrected chi connectivity index (χ2v) is 8.99. The first kappa shape index (κ1) is 23.0. The van der Waals surface area contributed by atoms with Crippen molar-refractivity contribution >= 4 is 62.3 Å². The van der Waals surface area contributed by atoms with Crippen molar-refractivity contribution in [3.8, 4) is 0 Å². The van der Waals surface area contributed by atoms with Gasteiger partial charge in [-0.3, -0.25) is 14.2 Å². The van der Waals surface area contributed by atoms with Crippen LogP contribution >= 0.6 is 34.5 Å². The number of fused-ring (bicyclic) bond motifs is 1. The van der Waals surface area contributed by atoms with Crippen molar-refractivity contribution in [2.75, 3.05) is 5.32 Å². The Kier molecular flexibility index (Phi) is 6.78. The number of carbonyl (C=O) groups excluding carboxylic acids is 2. The Labute approximate surface area is 202 Å². The van der Waals surface area contributed by atoms with Gasteiger partial charge in [0.1, 0.15) is 22.9 Å². The smallest absolute Gasteiger partial charge is 0.349 e. The molecule has 0 fully saturated rings. The number of hydrogen-bond donors (Lipinski definition) is 1. The summed E-state index contributed by atoms with van der Waals surface area (Å²) in [5.41, 5.74) is 1.29. The first-order chi connectivity index (χ1) is 15.8. The number of esters is 1. The minimum Gasteiger partial charge on any atom is -0.457 e. The molecule has 4 aromatic rings. The first-order valence-corrected chi connectivity index (χ1v) is 11.3. The molecule has 0 bridgehead atoms. The van der Waals surface area contributed by atoms with Crippen LogP contribution in [0.3, 0.4) is 0 Å². The van der Waals surface area contributed by atoms with Crippen molar-refractivity contribution in [1.29, 1.82) is 0 Å². The lowest BCUT2D eigenvalue weighted by molar-refractivity contribution is -0.116. The predicted molar refractivity (Wildman–Crippen MR) is 129 cm³/mol. The van der Waals surface area contributed by atoms with E-state index in [1.54, 1.807) is 19.1 Å². The van der Waals surface area contributed by atoms with Gasteiger partial charge in [-0.15, -0.1) is 11.3 Å². The Morgan fingerprint density at radius 1 is 1.15 bits per heavy atom. The molecule has 2 aromatic heterocycles. The third kappa shape index (κ3) is 5.08. The molecule has 0 spiro atoms. The molecule has 7 nitrogen and oxygen atoms in total. The molecule has 0 unspecified atom stereocenters. The highest BCUT2D eigenvalue weighted by Gasteiger charge is 2.21. The van der Waals surface area contributed by atoms with Gasteiger partial charge in [-0.2, -0.15) is 0 Å². The van der Waals surface area contributed by atoms with Gasteiger partial charge in [0.2, 0.25) is 5.91 Å². The van der Waals surface area contributed by atoms with Gasteiger partial charge in [0.25, 0.3) is 5.56 Å². The maximum absolute atomic E-state index is 13.0. The second-order valence-electron chi connectivity index (χ2n) is 7.15. The fourth-order valence-corrected chi connectivity index (χ4v) is 4.68. The number of hydrogen-bond acceptors (Lipinski definition) is 6. The number of ether oxygens (including phenoxy) is 1. The highest BCUT2D eigenvalue weighted by atomic mass is 35.5. The Hall–Kier alpha value is -3.20. The van der Waals surface area contributed by atoms with Gasteiger partial charge in [-0.05, 0) is 36.2 Å². The summed E-state index contributed by atoms with van der Waals surface area (Å²) in [7, 11) is 0. The molecule has 10 heteroatoms. The van der Waals surface area contributed by atoms with E-state index in [1.165, 1.54) is 17.0 Å². The number of benzene rings is 2. The number of thiophene rings is 1. The van der Waals surface area contributed by atoms with Gasteiger partial charge in [-0.1, -0.05) is 53.5 Å². The molecule has 168 valence electrons. The molecule has 2 heterocycles. The van der Waals surface area contributed by atoms with Gasteiger partial charge < -0.3 is 10.1 Å². The largest absolute Gasteiger partial charge is 0.457 e. The number of rotatable bonds is 6. The highest BCUT2D eigenvalue weighted by Crippen LogP contribution is 2.28.